The molecule has 2 aliphatic carbocycles. The van der Waals surface area contributed by atoms with Crippen LogP contribution >= 0.6 is 0 Å². The van der Waals surface area contributed by atoms with E-state index in [9.17, 15) is 4.79 Å². The number of methoxy groups -OCH3 is 1. The van der Waals surface area contributed by atoms with Gasteiger partial charge >= 0.3 is 0 Å². The van der Waals surface area contributed by atoms with Crippen LogP contribution in [0.3, 0.4) is 0 Å². The average Bonchev–Trinajstić information content (AvgIpc) is 3.38. The predicted molar refractivity (Wildman–Crippen MR) is 129 cm³/mol. The second-order valence-corrected chi connectivity index (χ2v) is 9.57. The number of anilines is 1. The van der Waals surface area contributed by atoms with Crippen LogP contribution in [0.1, 0.15) is 65.3 Å². The van der Waals surface area contributed by atoms with Crippen LogP contribution < -0.4 is 15.0 Å². The molecule has 0 spiro atoms. The SMILES string of the molecule is CNC(=O)c1ccc(N2CCN(C3CCC(c4cc5c(c(OC)n4)CCCC5)C3)CC2)cn1. The van der Waals surface area contributed by atoms with Crippen molar-refractivity contribution in [2.75, 3.05) is 45.2 Å². The zero-order chi connectivity index (χ0) is 22.8. The highest BCUT2D eigenvalue weighted by Gasteiger charge is 2.33. The van der Waals surface area contributed by atoms with Gasteiger partial charge in [-0.3, -0.25) is 9.69 Å². The number of piperazine rings is 1. The lowest BCUT2D eigenvalue weighted by Crippen LogP contribution is -2.49. The molecule has 1 saturated carbocycles. The number of aryl methyl sites for hydroxylation is 1. The normalized spacial score (nSPS) is 23.3. The molecule has 2 aromatic rings. The minimum Gasteiger partial charge on any atom is -0.481 e. The van der Waals surface area contributed by atoms with Gasteiger partial charge in [0.25, 0.3) is 5.91 Å². The molecule has 1 saturated heterocycles. The molecule has 33 heavy (non-hydrogen) atoms. The summed E-state index contributed by atoms with van der Waals surface area (Å²) in [6.45, 7) is 4.12. The minimum atomic E-state index is -0.145. The third kappa shape index (κ3) is 4.56. The third-order valence-corrected chi connectivity index (χ3v) is 7.74. The Balaban J connectivity index is 1.19. The number of aromatic nitrogens is 2. The number of fused-ring (bicyclic) bond motifs is 1. The van der Waals surface area contributed by atoms with E-state index in [-0.39, 0.29) is 5.91 Å². The number of nitrogens with one attached hydrogen (secondary N) is 1. The molecule has 2 unspecified atom stereocenters. The fourth-order valence-electron chi connectivity index (χ4n) is 5.84. The van der Waals surface area contributed by atoms with Crippen LogP contribution in [0.15, 0.2) is 24.4 Å². The summed E-state index contributed by atoms with van der Waals surface area (Å²) in [6, 6.07) is 6.84. The molecular formula is C26H35N5O2. The molecular weight excluding hydrogens is 414 g/mol. The number of pyridine rings is 2. The first-order valence-electron chi connectivity index (χ1n) is 12.4. The number of hydrogen-bond acceptors (Lipinski definition) is 6. The summed E-state index contributed by atoms with van der Waals surface area (Å²) in [5.41, 5.74) is 5.62. The number of amides is 1. The highest BCUT2D eigenvalue weighted by molar-refractivity contribution is 5.92. The number of carbonyl (C=O) groups excluding carboxylic acids is 1. The first-order chi connectivity index (χ1) is 16.2. The summed E-state index contributed by atoms with van der Waals surface area (Å²) in [5.74, 6) is 1.26. The van der Waals surface area contributed by atoms with Crippen LogP contribution in [0.4, 0.5) is 5.69 Å². The molecule has 2 fully saturated rings. The van der Waals surface area contributed by atoms with Gasteiger partial charge in [0.1, 0.15) is 5.69 Å². The molecule has 0 aromatic carbocycles. The second kappa shape index (κ2) is 9.67. The van der Waals surface area contributed by atoms with Crippen LogP contribution in [0.5, 0.6) is 5.88 Å². The monoisotopic (exact) mass is 449 g/mol. The van der Waals surface area contributed by atoms with Crippen LogP contribution in [0, 0.1) is 0 Å². The standard InChI is InChI=1S/C26H35N5O2/c1-27-25(32)23-10-9-21(17-28-23)31-13-11-30(12-14-31)20-8-7-19(15-20)24-16-18-5-3-4-6-22(18)26(29-24)33-2/h9-10,16-17,19-20H,3-8,11-15H2,1-2H3,(H,27,32). The van der Waals surface area contributed by atoms with Gasteiger partial charge in [0.15, 0.2) is 0 Å². The zero-order valence-corrected chi connectivity index (χ0v) is 19.8. The molecule has 1 aliphatic heterocycles. The van der Waals surface area contributed by atoms with Crippen molar-refractivity contribution < 1.29 is 9.53 Å². The largest absolute Gasteiger partial charge is 0.481 e. The summed E-state index contributed by atoms with van der Waals surface area (Å²) >= 11 is 0. The van der Waals surface area contributed by atoms with Crippen molar-refractivity contribution in [1.82, 2.24) is 20.2 Å². The van der Waals surface area contributed by atoms with Crippen LogP contribution in [-0.2, 0) is 12.8 Å². The average molecular weight is 450 g/mol. The number of hydrogen-bond donors (Lipinski definition) is 1. The van der Waals surface area contributed by atoms with Gasteiger partial charge in [-0.2, -0.15) is 0 Å². The molecule has 7 heteroatoms. The first kappa shape index (κ1) is 22.1. The van der Waals surface area contributed by atoms with Gasteiger partial charge < -0.3 is 15.0 Å². The maximum absolute atomic E-state index is 11.7. The molecule has 2 aromatic heterocycles. The molecule has 0 radical (unpaired) electrons. The number of nitrogens with zero attached hydrogens (tertiary/aromatic N) is 4. The number of rotatable bonds is 5. The topological polar surface area (TPSA) is 70.6 Å². The minimum absolute atomic E-state index is 0.145. The van der Waals surface area contributed by atoms with E-state index >= 15 is 0 Å². The van der Waals surface area contributed by atoms with Gasteiger partial charge in [0.05, 0.1) is 19.0 Å². The first-order valence-corrected chi connectivity index (χ1v) is 12.4. The highest BCUT2D eigenvalue weighted by atomic mass is 16.5. The van der Waals surface area contributed by atoms with Crippen LogP contribution in [-0.4, -0.2) is 67.2 Å². The highest BCUT2D eigenvalue weighted by Crippen LogP contribution is 2.39. The summed E-state index contributed by atoms with van der Waals surface area (Å²) < 4.78 is 5.68. The van der Waals surface area contributed by atoms with Crippen LogP contribution in [0.25, 0.3) is 0 Å². The molecule has 3 heterocycles. The Morgan fingerprint density at radius 1 is 1.12 bits per heavy atom. The van der Waals surface area contributed by atoms with E-state index in [1.807, 2.05) is 18.3 Å². The lowest BCUT2D eigenvalue weighted by atomic mass is 9.90. The fraction of sp³-hybridized carbons (Fsp3) is 0.577. The smallest absolute Gasteiger partial charge is 0.269 e. The second-order valence-electron chi connectivity index (χ2n) is 9.57. The van der Waals surface area contributed by atoms with Crippen molar-refractivity contribution in [3.05, 3.63) is 46.9 Å². The summed E-state index contributed by atoms with van der Waals surface area (Å²) in [5, 5.41) is 2.62. The maximum atomic E-state index is 11.7. The van der Waals surface area contributed by atoms with E-state index in [1.165, 1.54) is 48.9 Å². The Morgan fingerprint density at radius 3 is 2.67 bits per heavy atom. The molecule has 3 aliphatic rings. The van der Waals surface area contributed by atoms with Gasteiger partial charge in [-0.15, -0.1) is 0 Å². The summed E-state index contributed by atoms with van der Waals surface area (Å²) in [6.07, 6.45) is 10.3. The third-order valence-electron chi connectivity index (χ3n) is 7.74. The van der Waals surface area contributed by atoms with Gasteiger partial charge in [-0.25, -0.2) is 9.97 Å². The quantitative estimate of drug-likeness (QED) is 0.756. The Morgan fingerprint density at radius 2 is 1.94 bits per heavy atom. The Hall–Kier alpha value is -2.67. The van der Waals surface area contributed by atoms with E-state index in [0.29, 0.717) is 17.7 Å². The lowest BCUT2D eigenvalue weighted by Gasteiger charge is -2.39. The molecule has 2 atom stereocenters. The van der Waals surface area contributed by atoms with Crippen molar-refractivity contribution in [2.24, 2.45) is 0 Å². The lowest BCUT2D eigenvalue weighted by molar-refractivity contribution is 0.0958. The number of ether oxygens (including phenoxy) is 1. The van der Waals surface area contributed by atoms with Gasteiger partial charge in [-0.05, 0) is 68.7 Å². The van der Waals surface area contributed by atoms with Crippen molar-refractivity contribution in [3.8, 4) is 5.88 Å². The van der Waals surface area contributed by atoms with Gasteiger partial charge in [0, 0.05) is 56.4 Å². The zero-order valence-electron chi connectivity index (χ0n) is 19.8. The van der Waals surface area contributed by atoms with Gasteiger partial charge in [0.2, 0.25) is 5.88 Å². The maximum Gasteiger partial charge on any atom is 0.269 e. The fourth-order valence-corrected chi connectivity index (χ4v) is 5.84. The Labute approximate surface area is 196 Å². The predicted octanol–water partition coefficient (Wildman–Crippen LogP) is 3.18. The molecule has 0 bridgehead atoms. The summed E-state index contributed by atoms with van der Waals surface area (Å²) in [4.78, 5) is 26.0. The van der Waals surface area contributed by atoms with Crippen molar-refractivity contribution in [2.45, 2.75) is 56.9 Å². The van der Waals surface area contributed by atoms with E-state index in [1.54, 1.807) is 14.2 Å². The molecule has 1 N–H and O–H groups in total. The Kier molecular flexibility index (Phi) is 6.49. The molecule has 176 valence electrons. The summed E-state index contributed by atoms with van der Waals surface area (Å²) in [7, 11) is 3.39. The van der Waals surface area contributed by atoms with E-state index in [2.05, 4.69) is 26.2 Å². The van der Waals surface area contributed by atoms with Gasteiger partial charge in [-0.1, -0.05) is 0 Å². The Bertz CT molecular complexity index is 968. The molecule has 5 rings (SSSR count). The van der Waals surface area contributed by atoms with E-state index < -0.39 is 0 Å². The van der Waals surface area contributed by atoms with E-state index in [0.717, 1.165) is 50.6 Å². The van der Waals surface area contributed by atoms with Crippen molar-refractivity contribution in [3.63, 3.8) is 0 Å². The molecule has 1 amide bonds. The van der Waals surface area contributed by atoms with Crippen molar-refractivity contribution >= 4 is 11.6 Å². The van der Waals surface area contributed by atoms with Crippen molar-refractivity contribution in [1.29, 1.82) is 0 Å². The van der Waals surface area contributed by atoms with Crippen LogP contribution in [0.2, 0.25) is 0 Å². The van der Waals surface area contributed by atoms with E-state index in [4.69, 9.17) is 9.72 Å². The molecule has 7 nitrogen and oxygen atoms in total. The number of carbonyl (C=O) groups is 1.